The number of ether oxygens (including phenoxy) is 10. The van der Waals surface area contributed by atoms with Gasteiger partial charge >= 0.3 is 0 Å². The van der Waals surface area contributed by atoms with Crippen LogP contribution in [0.1, 0.15) is 127 Å². The molecule has 1 aliphatic rings. The molecular weight excluding hydrogens is 1310 g/mol. The van der Waals surface area contributed by atoms with E-state index in [1.54, 1.807) is 41.6 Å². The Morgan fingerprint density at radius 2 is 0.771 bits per heavy atom. The predicted octanol–water partition coefficient (Wildman–Crippen LogP) is 19.0. The molecular formula is C91H105N3O11. The molecule has 0 radical (unpaired) electrons. The minimum atomic E-state index is -0.171. The summed E-state index contributed by atoms with van der Waals surface area (Å²) in [5.74, 6) is 6.96. The number of fused-ring (bicyclic) bond motifs is 1. The third kappa shape index (κ3) is 24.1. The summed E-state index contributed by atoms with van der Waals surface area (Å²) in [7, 11) is 8.31. The number of nitrogens with one attached hydrogen (secondary N) is 2. The fourth-order valence-corrected chi connectivity index (χ4v) is 11.9. The van der Waals surface area contributed by atoms with Gasteiger partial charge in [-0.05, 0) is 176 Å². The van der Waals surface area contributed by atoms with Gasteiger partial charge in [-0.3, -0.25) is 4.79 Å². The Balaban J connectivity index is 0.000000212. The molecule has 11 rings (SSSR count). The van der Waals surface area contributed by atoms with Crippen LogP contribution in [0, 0.1) is 0 Å². The average Bonchev–Trinajstić information content (AvgIpc) is 0.799. The molecule has 550 valence electrons. The molecule has 0 fully saturated rings. The molecule has 14 nitrogen and oxygen atoms in total. The highest BCUT2D eigenvalue weighted by Gasteiger charge is 2.25. The third-order valence-electron chi connectivity index (χ3n) is 17.5. The molecule has 1 aliphatic heterocycles. The lowest BCUT2D eigenvalue weighted by Gasteiger charge is -2.27. The van der Waals surface area contributed by atoms with E-state index in [1.165, 1.54) is 16.7 Å². The van der Waals surface area contributed by atoms with E-state index in [-0.39, 0.29) is 30.2 Å². The molecule has 10 aromatic carbocycles. The van der Waals surface area contributed by atoms with E-state index in [0.29, 0.717) is 75.5 Å². The number of nitrogens with two attached hydrogens (primary N) is 1. The van der Waals surface area contributed by atoms with E-state index in [4.69, 9.17) is 53.1 Å². The van der Waals surface area contributed by atoms with Crippen LogP contribution in [0.15, 0.2) is 237 Å². The second-order valence-electron chi connectivity index (χ2n) is 27.2. The second kappa shape index (κ2) is 40.2. The number of rotatable bonds is 29. The molecule has 1 heterocycles. The number of carbonyl (C=O) groups excluding carboxylic acids is 1. The lowest BCUT2D eigenvalue weighted by Crippen LogP contribution is -2.28. The van der Waals surface area contributed by atoms with E-state index in [9.17, 15) is 4.79 Å². The fraction of sp³-hybridized carbons (Fsp3) is 0.286. The summed E-state index contributed by atoms with van der Waals surface area (Å²) in [4.78, 5) is 12.8. The van der Waals surface area contributed by atoms with Crippen LogP contribution in [0.4, 0.5) is 0 Å². The van der Waals surface area contributed by atoms with Crippen molar-refractivity contribution in [2.45, 2.75) is 118 Å². The van der Waals surface area contributed by atoms with Gasteiger partial charge in [0.1, 0.15) is 33.0 Å². The maximum absolute atomic E-state index is 12.8. The van der Waals surface area contributed by atoms with Gasteiger partial charge in [-0.2, -0.15) is 0 Å². The molecule has 14 heteroatoms. The van der Waals surface area contributed by atoms with Crippen LogP contribution in [0.3, 0.4) is 0 Å². The maximum atomic E-state index is 12.8. The molecule has 0 aliphatic carbocycles. The number of methoxy groups -OCH3 is 5. The van der Waals surface area contributed by atoms with Gasteiger partial charge in [0.2, 0.25) is 5.91 Å². The zero-order valence-electron chi connectivity index (χ0n) is 62.1. The Morgan fingerprint density at radius 1 is 0.419 bits per heavy atom. The second-order valence-corrected chi connectivity index (χ2v) is 27.2. The number of benzene rings is 10. The van der Waals surface area contributed by atoms with Crippen molar-refractivity contribution in [1.29, 1.82) is 0 Å². The van der Waals surface area contributed by atoms with E-state index in [0.717, 1.165) is 110 Å². The topological polar surface area (TPSA) is 159 Å². The molecule has 0 aromatic heterocycles. The quantitative estimate of drug-likeness (QED) is 0.0381. The van der Waals surface area contributed by atoms with E-state index < -0.39 is 0 Å². The van der Waals surface area contributed by atoms with E-state index in [2.05, 4.69) is 113 Å². The van der Waals surface area contributed by atoms with Crippen LogP contribution in [0.5, 0.6) is 57.5 Å². The molecule has 0 spiro atoms. The van der Waals surface area contributed by atoms with Crippen molar-refractivity contribution in [1.82, 2.24) is 10.6 Å². The van der Waals surface area contributed by atoms with Crippen molar-refractivity contribution in [2.24, 2.45) is 5.73 Å². The van der Waals surface area contributed by atoms with Gasteiger partial charge in [-0.15, -0.1) is 0 Å². The Labute approximate surface area is 623 Å². The Bertz CT molecular complexity index is 4360. The lowest BCUT2D eigenvalue weighted by atomic mass is 9.83. The predicted molar refractivity (Wildman–Crippen MR) is 425 cm³/mol. The fourth-order valence-electron chi connectivity index (χ4n) is 11.9. The molecule has 1 amide bonds. The Hall–Kier alpha value is -10.9. The van der Waals surface area contributed by atoms with Gasteiger partial charge in [-0.1, -0.05) is 225 Å². The third-order valence-corrected chi connectivity index (χ3v) is 17.5. The number of hydrogen-bond donors (Lipinski definition) is 3. The molecule has 4 N–H and O–H groups in total. The van der Waals surface area contributed by atoms with Crippen molar-refractivity contribution in [3.63, 3.8) is 0 Å². The van der Waals surface area contributed by atoms with Crippen molar-refractivity contribution in [3.8, 4) is 57.5 Å². The first-order chi connectivity index (χ1) is 50.4. The van der Waals surface area contributed by atoms with Crippen LogP contribution >= 0.6 is 0 Å². The first-order valence-corrected chi connectivity index (χ1v) is 35.4. The van der Waals surface area contributed by atoms with Gasteiger partial charge in [0, 0.05) is 19.2 Å². The van der Waals surface area contributed by atoms with Crippen LogP contribution in [-0.4, -0.2) is 61.1 Å². The van der Waals surface area contributed by atoms with Crippen molar-refractivity contribution >= 4 is 18.1 Å². The van der Waals surface area contributed by atoms with E-state index >= 15 is 0 Å². The smallest absolute Gasteiger partial charge is 0.244 e. The number of carbonyl (C=O) groups is 1. The summed E-state index contributed by atoms with van der Waals surface area (Å²) in [5, 5.41) is 6.67. The summed E-state index contributed by atoms with van der Waals surface area (Å²) in [6.45, 7) is 17.4. The summed E-state index contributed by atoms with van der Waals surface area (Å²) >= 11 is 0. The molecule has 10 aromatic rings. The highest BCUT2D eigenvalue weighted by Crippen LogP contribution is 2.42. The minimum absolute atomic E-state index is 0. The minimum Gasteiger partial charge on any atom is -0.493 e. The molecule has 0 saturated heterocycles. The Kier molecular flexibility index (Phi) is 30.5. The first kappa shape index (κ1) is 79.8. The molecule has 105 heavy (non-hydrogen) atoms. The highest BCUT2D eigenvalue weighted by molar-refractivity contribution is 5.92. The van der Waals surface area contributed by atoms with E-state index in [1.807, 2.05) is 182 Å². The van der Waals surface area contributed by atoms with Gasteiger partial charge < -0.3 is 63.7 Å². The lowest BCUT2D eigenvalue weighted by molar-refractivity contribution is -0.116. The first-order valence-electron chi connectivity index (χ1n) is 35.4. The molecule has 0 bridgehead atoms. The van der Waals surface area contributed by atoms with Gasteiger partial charge in [0.25, 0.3) is 0 Å². The average molecular weight is 1420 g/mol. The number of amides is 1. The monoisotopic (exact) mass is 1420 g/mol. The van der Waals surface area contributed by atoms with Gasteiger partial charge in [0.15, 0.2) is 57.5 Å². The van der Waals surface area contributed by atoms with Gasteiger partial charge in [0.05, 0.1) is 41.6 Å². The zero-order chi connectivity index (χ0) is 73.7. The largest absolute Gasteiger partial charge is 0.493 e. The number of hydrogen-bond acceptors (Lipinski definition) is 13. The van der Waals surface area contributed by atoms with Gasteiger partial charge in [-0.25, -0.2) is 0 Å². The van der Waals surface area contributed by atoms with Crippen LogP contribution in [0.2, 0.25) is 0 Å². The Morgan fingerprint density at radius 3 is 1.14 bits per heavy atom. The molecule has 0 saturated carbocycles. The SMILES string of the molecule is C.COc1cc(C(C)(C)C)c(/C=C/C2NCCc3cc(OCc4ccccc4)c(OC)cc32)cc1OCc1ccccc1.COc1ccc(CCN)cc1OCc1ccccc1.COc1ccc(CCNC(=O)/C=C/c2cc(OCc3ccccc3)c(OC)cc2C(C)(C)C)cc1OCc1ccccc1. The summed E-state index contributed by atoms with van der Waals surface area (Å²) in [6.07, 6.45) is 10.3. The summed E-state index contributed by atoms with van der Waals surface area (Å²) < 4.78 is 58.5. The standard InChI is InChI=1S/C37H41NO5.C37H41NO4.C16H19NO2.CH4/c1-37(2,3)31-24-33(41-5)35(43-26-29-14-10-7-11-15-29)23-30(31)17-19-36(39)38-21-20-27-16-18-32(40-4)34(22-27)42-25-28-12-8-6-9-13-28;1-37(2,3)31-23-34(40-5)36(42-25-27-14-10-7-11-15-27)21-29(31)16-17-32-30-22-33(39-4)35(20-28(30)18-19-38-32)41-24-26-12-8-6-9-13-26;1-18-15-8-7-13(9-10-17)11-16(15)19-12-14-5-3-2-4-6-14;/h6-19,22-24H,20-21,25-26H2,1-5H3,(H,38,39);6-17,20-23,32,38H,18-19,24-25H2,1-5H3;2-8,11H,9-10,12,17H2,1H3;1H4/b19-17+;17-16+;;. The zero-order valence-corrected chi connectivity index (χ0v) is 62.1. The summed E-state index contributed by atoms with van der Waals surface area (Å²) in [5.41, 5.74) is 19.8. The summed E-state index contributed by atoms with van der Waals surface area (Å²) in [6, 6.07) is 74.7. The van der Waals surface area contributed by atoms with Crippen LogP contribution in [0.25, 0.3) is 12.2 Å². The van der Waals surface area contributed by atoms with Crippen molar-refractivity contribution in [3.05, 3.63) is 309 Å². The highest BCUT2D eigenvalue weighted by atomic mass is 16.5. The molecule has 1 atom stereocenters. The normalized spacial score (nSPS) is 12.4. The van der Waals surface area contributed by atoms with Crippen LogP contribution in [-0.2, 0) is 67.9 Å². The maximum Gasteiger partial charge on any atom is 0.244 e. The molecule has 1 unspecified atom stereocenters. The van der Waals surface area contributed by atoms with Crippen molar-refractivity contribution < 1.29 is 52.2 Å². The van der Waals surface area contributed by atoms with Crippen molar-refractivity contribution in [2.75, 3.05) is 55.2 Å². The van der Waals surface area contributed by atoms with Crippen LogP contribution < -0.4 is 63.7 Å².